The smallest absolute Gasteiger partial charge is 0.139 e. The quantitative estimate of drug-likeness (QED) is 0.392. The van der Waals surface area contributed by atoms with E-state index in [2.05, 4.69) is 49.1 Å². The molecule has 1 rings (SSSR count). The van der Waals surface area contributed by atoms with Gasteiger partial charge in [0.2, 0.25) is 0 Å². The van der Waals surface area contributed by atoms with Crippen LogP contribution in [0.5, 0.6) is 0 Å². The third kappa shape index (κ3) is 2.22. The first-order chi connectivity index (χ1) is 4.18. The van der Waals surface area contributed by atoms with Gasteiger partial charge in [-0.3, -0.25) is 0 Å². The molecule has 0 fully saturated rings. The monoisotopic (exact) mass is 248 g/mol. The highest BCUT2D eigenvalue weighted by atomic mass is 127. The molecule has 9 heavy (non-hydrogen) atoms. The summed E-state index contributed by atoms with van der Waals surface area (Å²) in [4.78, 5) is 1.04. The average Bonchev–Trinajstić information content (AvgIpc) is 1.59. The minimum Gasteiger partial charge on any atom is -0.143 e. The molecule has 0 atom stereocenters. The molecule has 0 N–H and O–H groups in total. The van der Waals surface area contributed by atoms with E-state index in [1.165, 1.54) is 9.03 Å². The second kappa shape index (κ2) is 2.97. The molecule has 0 aliphatic carbocycles. The Balaban J connectivity index is 3.17. The molecule has 0 aromatic heterocycles. The largest absolute Gasteiger partial charge is 0.143 e. The van der Waals surface area contributed by atoms with Crippen molar-refractivity contribution in [3.8, 4) is 0 Å². The topological polar surface area (TPSA) is 0 Å². The molecule has 0 saturated heterocycles. The molecule has 0 saturated carbocycles. The van der Waals surface area contributed by atoms with Gasteiger partial charge in [0.1, 0.15) is 7.85 Å². The SMILES string of the molecule is Bc1cc(S)cc(I)c1. The maximum Gasteiger partial charge on any atom is 0.139 e. The van der Waals surface area contributed by atoms with Crippen LogP contribution in [0, 0.1) is 3.57 Å². The van der Waals surface area contributed by atoms with Crippen molar-refractivity contribution in [3.63, 3.8) is 0 Å². The van der Waals surface area contributed by atoms with Crippen molar-refractivity contribution in [1.29, 1.82) is 0 Å². The van der Waals surface area contributed by atoms with Crippen LogP contribution in [0.25, 0.3) is 0 Å². The Bertz CT molecular complexity index is 174. The average molecular weight is 248 g/mol. The molecule has 3 heteroatoms. The van der Waals surface area contributed by atoms with Crippen LogP contribution >= 0.6 is 35.2 Å². The lowest BCUT2D eigenvalue weighted by Crippen LogP contribution is -2.01. The molecule has 1 aromatic rings. The Morgan fingerprint density at radius 3 is 2.44 bits per heavy atom. The molecule has 0 aliphatic heterocycles. The molecule has 1 aromatic carbocycles. The first-order valence-electron chi connectivity index (χ1n) is 2.64. The fraction of sp³-hybridized carbons (Fsp3) is 0. The van der Waals surface area contributed by atoms with Gasteiger partial charge in [-0.2, -0.15) is 0 Å². The van der Waals surface area contributed by atoms with Crippen molar-refractivity contribution in [2.45, 2.75) is 4.90 Å². The second-order valence-electron chi connectivity index (χ2n) is 1.99. The van der Waals surface area contributed by atoms with E-state index in [9.17, 15) is 0 Å². The molecular weight excluding hydrogens is 242 g/mol. The van der Waals surface area contributed by atoms with E-state index < -0.39 is 0 Å². The molecule has 0 spiro atoms. The highest BCUT2D eigenvalue weighted by Crippen LogP contribution is 2.08. The lowest BCUT2D eigenvalue weighted by molar-refractivity contribution is 1.48. The Morgan fingerprint density at radius 2 is 2.00 bits per heavy atom. The van der Waals surface area contributed by atoms with Crippen molar-refractivity contribution in [1.82, 2.24) is 0 Å². The Labute approximate surface area is 75.0 Å². The van der Waals surface area contributed by atoms with Gasteiger partial charge >= 0.3 is 0 Å². The third-order valence-corrected chi connectivity index (χ3v) is 1.91. The Morgan fingerprint density at radius 1 is 1.33 bits per heavy atom. The molecule has 0 unspecified atom stereocenters. The van der Waals surface area contributed by atoms with Gasteiger partial charge in [0.15, 0.2) is 0 Å². The van der Waals surface area contributed by atoms with Gasteiger partial charge in [0, 0.05) is 8.47 Å². The summed E-state index contributed by atoms with van der Waals surface area (Å²) in [7, 11) is 2.07. The first kappa shape index (κ1) is 7.47. The standard InChI is InChI=1S/C6H6BIS/c7-4-1-5(8)3-6(9)2-4/h1-3,9H,7H2. The number of hydrogen-bond donors (Lipinski definition) is 1. The number of rotatable bonds is 0. The van der Waals surface area contributed by atoms with E-state index >= 15 is 0 Å². The summed E-state index contributed by atoms with van der Waals surface area (Å²) in [6.07, 6.45) is 0. The molecule has 0 nitrogen and oxygen atoms in total. The number of thiol groups is 1. The van der Waals surface area contributed by atoms with Crippen LogP contribution < -0.4 is 5.46 Å². The lowest BCUT2D eigenvalue weighted by atomic mass is 9.97. The van der Waals surface area contributed by atoms with Crippen molar-refractivity contribution in [3.05, 3.63) is 21.8 Å². The van der Waals surface area contributed by atoms with E-state index in [-0.39, 0.29) is 0 Å². The zero-order valence-corrected chi connectivity index (χ0v) is 8.11. The van der Waals surface area contributed by atoms with E-state index in [1.54, 1.807) is 0 Å². The van der Waals surface area contributed by atoms with Gasteiger partial charge in [0.05, 0.1) is 0 Å². The molecule has 0 radical (unpaired) electrons. The maximum atomic E-state index is 4.22. The predicted octanol–water partition coefficient (Wildman–Crippen LogP) is 0.838. The second-order valence-corrected chi connectivity index (χ2v) is 3.75. The summed E-state index contributed by atoms with van der Waals surface area (Å²) in [6.45, 7) is 0. The van der Waals surface area contributed by atoms with E-state index in [4.69, 9.17) is 0 Å². The van der Waals surface area contributed by atoms with E-state index in [0.717, 1.165) is 4.90 Å². The summed E-state index contributed by atoms with van der Waals surface area (Å²) in [5, 5.41) is 0. The van der Waals surface area contributed by atoms with Crippen molar-refractivity contribution < 1.29 is 0 Å². The summed E-state index contributed by atoms with van der Waals surface area (Å²) in [6, 6.07) is 6.21. The molecule has 0 bridgehead atoms. The molecular formula is C6H6BIS. The van der Waals surface area contributed by atoms with Gasteiger partial charge in [0.25, 0.3) is 0 Å². The van der Waals surface area contributed by atoms with Gasteiger partial charge in [-0.15, -0.1) is 12.6 Å². The normalized spacial score (nSPS) is 9.56. The van der Waals surface area contributed by atoms with Crippen LogP contribution in [0.3, 0.4) is 0 Å². The van der Waals surface area contributed by atoms with E-state index in [0.29, 0.717) is 0 Å². The molecule has 0 aliphatic rings. The fourth-order valence-electron chi connectivity index (χ4n) is 0.717. The summed E-state index contributed by atoms with van der Waals surface area (Å²) >= 11 is 6.50. The van der Waals surface area contributed by atoms with Gasteiger partial charge in [-0.1, -0.05) is 17.6 Å². The Kier molecular flexibility index (Phi) is 2.46. The number of benzene rings is 1. The lowest BCUT2D eigenvalue weighted by Gasteiger charge is -1.95. The zero-order valence-electron chi connectivity index (χ0n) is 5.06. The van der Waals surface area contributed by atoms with Crippen molar-refractivity contribution in [2.24, 2.45) is 0 Å². The van der Waals surface area contributed by atoms with Crippen LogP contribution in [0.4, 0.5) is 0 Å². The summed E-state index contributed by atoms with van der Waals surface area (Å²) < 4.78 is 1.25. The van der Waals surface area contributed by atoms with Gasteiger partial charge < -0.3 is 0 Å². The summed E-state index contributed by atoms with van der Waals surface area (Å²) in [5.74, 6) is 0. The van der Waals surface area contributed by atoms with Crippen LogP contribution in [0.1, 0.15) is 0 Å². The number of halogens is 1. The number of hydrogen-bond acceptors (Lipinski definition) is 1. The summed E-state index contributed by atoms with van der Waals surface area (Å²) in [5.41, 5.74) is 1.27. The first-order valence-corrected chi connectivity index (χ1v) is 4.17. The van der Waals surface area contributed by atoms with Gasteiger partial charge in [-0.05, 0) is 28.7 Å². The predicted molar refractivity (Wildman–Crippen MR) is 54.6 cm³/mol. The third-order valence-electron chi connectivity index (χ3n) is 1.03. The minimum absolute atomic E-state index is 1.04. The highest BCUT2D eigenvalue weighted by molar-refractivity contribution is 14.1. The molecule has 0 heterocycles. The van der Waals surface area contributed by atoms with E-state index in [1.807, 2.05) is 12.1 Å². The molecule has 46 valence electrons. The van der Waals surface area contributed by atoms with Crippen LogP contribution in [-0.4, -0.2) is 7.85 Å². The van der Waals surface area contributed by atoms with Gasteiger partial charge in [-0.25, -0.2) is 0 Å². The minimum atomic E-state index is 1.04. The Hall–Kier alpha value is 0.365. The van der Waals surface area contributed by atoms with Crippen LogP contribution in [0.2, 0.25) is 0 Å². The van der Waals surface area contributed by atoms with Crippen molar-refractivity contribution >= 4 is 48.5 Å². The maximum absolute atomic E-state index is 4.22. The highest BCUT2D eigenvalue weighted by Gasteiger charge is 1.89. The molecule has 0 amide bonds. The van der Waals surface area contributed by atoms with Crippen molar-refractivity contribution in [2.75, 3.05) is 0 Å². The van der Waals surface area contributed by atoms with Crippen LogP contribution in [-0.2, 0) is 0 Å². The van der Waals surface area contributed by atoms with Crippen LogP contribution in [0.15, 0.2) is 23.1 Å². The fourth-order valence-corrected chi connectivity index (χ4v) is 2.13. The zero-order chi connectivity index (χ0) is 6.85.